The van der Waals surface area contributed by atoms with Crippen molar-refractivity contribution >= 4 is 21.6 Å². The van der Waals surface area contributed by atoms with Crippen molar-refractivity contribution in [1.29, 1.82) is 0 Å². The van der Waals surface area contributed by atoms with Gasteiger partial charge in [-0.15, -0.1) is 0 Å². The third-order valence-corrected chi connectivity index (χ3v) is 7.46. The van der Waals surface area contributed by atoms with Crippen molar-refractivity contribution in [3.8, 4) is 0 Å². The molecule has 1 aliphatic rings. The average molecular weight is 497 g/mol. The Morgan fingerprint density at radius 1 is 0.914 bits per heavy atom. The molecule has 0 aromatic heterocycles. The number of hydrogen-bond acceptors (Lipinski definition) is 5. The van der Waals surface area contributed by atoms with Crippen LogP contribution >= 0.6 is 0 Å². The number of amides is 1. The minimum absolute atomic E-state index is 0.00965. The number of halogens is 1. The SMILES string of the molecule is CN1CCN(CC(NC(=O)c2ccc(S(=O)(=O)Nc3ccc(F)cc3)cc2)c2ccccc2)CC1. The Hall–Kier alpha value is -3.27. The first kappa shape index (κ1) is 24.8. The molecular formula is C26H29FN4O3S. The molecule has 4 rings (SSSR count). The van der Waals surface area contributed by atoms with Gasteiger partial charge < -0.3 is 10.2 Å². The molecule has 1 atom stereocenters. The zero-order valence-electron chi connectivity index (χ0n) is 19.5. The number of anilines is 1. The average Bonchev–Trinajstić information content (AvgIpc) is 2.87. The van der Waals surface area contributed by atoms with E-state index in [0.717, 1.165) is 31.7 Å². The van der Waals surface area contributed by atoms with Crippen molar-refractivity contribution in [3.05, 3.63) is 95.8 Å². The Morgan fingerprint density at radius 2 is 1.54 bits per heavy atom. The summed E-state index contributed by atoms with van der Waals surface area (Å²) in [6.45, 7) is 4.53. The van der Waals surface area contributed by atoms with Crippen LogP contribution in [0.4, 0.5) is 10.1 Å². The third-order valence-electron chi connectivity index (χ3n) is 6.07. The van der Waals surface area contributed by atoms with Gasteiger partial charge in [0.15, 0.2) is 0 Å². The molecule has 184 valence electrons. The molecule has 7 nitrogen and oxygen atoms in total. The maximum atomic E-state index is 13.1. The molecule has 3 aromatic rings. The van der Waals surface area contributed by atoms with E-state index in [1.165, 1.54) is 48.5 Å². The van der Waals surface area contributed by atoms with Crippen LogP contribution in [0.1, 0.15) is 22.0 Å². The van der Waals surface area contributed by atoms with E-state index in [1.54, 1.807) is 0 Å². The summed E-state index contributed by atoms with van der Waals surface area (Å²) in [5, 5.41) is 3.12. The van der Waals surface area contributed by atoms with Gasteiger partial charge in [0, 0.05) is 44.0 Å². The predicted octanol–water partition coefficient (Wildman–Crippen LogP) is 3.35. The minimum Gasteiger partial charge on any atom is -0.344 e. The summed E-state index contributed by atoms with van der Waals surface area (Å²) in [5.74, 6) is -0.729. The van der Waals surface area contributed by atoms with Crippen LogP contribution in [-0.4, -0.2) is 63.9 Å². The molecule has 1 fully saturated rings. The van der Waals surface area contributed by atoms with E-state index in [0.29, 0.717) is 12.1 Å². The summed E-state index contributed by atoms with van der Waals surface area (Å²) in [7, 11) is -1.77. The molecular weight excluding hydrogens is 467 g/mol. The summed E-state index contributed by atoms with van der Waals surface area (Å²) in [6.07, 6.45) is 0. The van der Waals surface area contributed by atoms with Gasteiger partial charge in [0.05, 0.1) is 10.9 Å². The molecule has 1 saturated heterocycles. The summed E-state index contributed by atoms with van der Waals surface area (Å²) in [4.78, 5) is 17.7. The number of sulfonamides is 1. The summed E-state index contributed by atoms with van der Waals surface area (Å²) < 4.78 is 40.8. The van der Waals surface area contributed by atoms with Gasteiger partial charge in [-0.2, -0.15) is 0 Å². The summed E-state index contributed by atoms with van der Waals surface area (Å²) in [6, 6.07) is 20.4. The lowest BCUT2D eigenvalue weighted by molar-refractivity contribution is 0.0907. The number of rotatable bonds is 8. The van der Waals surface area contributed by atoms with Gasteiger partial charge in [-0.3, -0.25) is 14.4 Å². The van der Waals surface area contributed by atoms with E-state index in [-0.39, 0.29) is 22.5 Å². The van der Waals surface area contributed by atoms with Crippen LogP contribution < -0.4 is 10.0 Å². The quantitative estimate of drug-likeness (QED) is 0.500. The Kier molecular flexibility index (Phi) is 7.80. The van der Waals surface area contributed by atoms with Crippen LogP contribution in [-0.2, 0) is 10.0 Å². The first-order chi connectivity index (χ1) is 16.8. The predicted molar refractivity (Wildman–Crippen MR) is 134 cm³/mol. The Bertz CT molecular complexity index is 1230. The molecule has 0 spiro atoms. The number of hydrogen-bond donors (Lipinski definition) is 2. The minimum atomic E-state index is -3.87. The fourth-order valence-electron chi connectivity index (χ4n) is 3.97. The topological polar surface area (TPSA) is 81.8 Å². The van der Waals surface area contributed by atoms with Crippen molar-refractivity contribution in [3.63, 3.8) is 0 Å². The molecule has 0 aliphatic carbocycles. The first-order valence-electron chi connectivity index (χ1n) is 11.5. The molecule has 1 unspecified atom stereocenters. The fraction of sp³-hybridized carbons (Fsp3) is 0.269. The normalized spacial score (nSPS) is 15.9. The molecule has 1 amide bonds. The molecule has 0 bridgehead atoms. The lowest BCUT2D eigenvalue weighted by Crippen LogP contribution is -2.47. The Morgan fingerprint density at radius 3 is 2.17 bits per heavy atom. The highest BCUT2D eigenvalue weighted by Gasteiger charge is 2.22. The largest absolute Gasteiger partial charge is 0.344 e. The molecule has 35 heavy (non-hydrogen) atoms. The molecule has 9 heteroatoms. The monoisotopic (exact) mass is 496 g/mol. The highest BCUT2D eigenvalue weighted by atomic mass is 32.2. The van der Waals surface area contributed by atoms with Gasteiger partial charge in [0.25, 0.3) is 15.9 Å². The smallest absolute Gasteiger partial charge is 0.261 e. The number of nitrogens with one attached hydrogen (secondary N) is 2. The molecule has 3 aromatic carbocycles. The van der Waals surface area contributed by atoms with E-state index in [2.05, 4.69) is 26.9 Å². The van der Waals surface area contributed by atoms with Gasteiger partial charge in [-0.05, 0) is 61.1 Å². The van der Waals surface area contributed by atoms with Gasteiger partial charge in [-0.1, -0.05) is 30.3 Å². The van der Waals surface area contributed by atoms with Crippen LogP contribution in [0, 0.1) is 5.82 Å². The van der Waals surface area contributed by atoms with Gasteiger partial charge >= 0.3 is 0 Å². The summed E-state index contributed by atoms with van der Waals surface area (Å²) >= 11 is 0. The van der Waals surface area contributed by atoms with Crippen molar-refractivity contribution < 1.29 is 17.6 Å². The van der Waals surface area contributed by atoms with Gasteiger partial charge in [0.1, 0.15) is 5.82 Å². The second-order valence-corrected chi connectivity index (χ2v) is 10.4. The van der Waals surface area contributed by atoms with E-state index < -0.39 is 15.8 Å². The maximum Gasteiger partial charge on any atom is 0.261 e. The van der Waals surface area contributed by atoms with Gasteiger partial charge in [0.2, 0.25) is 0 Å². The van der Waals surface area contributed by atoms with E-state index in [4.69, 9.17) is 0 Å². The van der Waals surface area contributed by atoms with E-state index in [9.17, 15) is 17.6 Å². The molecule has 0 saturated carbocycles. The van der Waals surface area contributed by atoms with E-state index in [1.807, 2.05) is 30.3 Å². The lowest BCUT2D eigenvalue weighted by atomic mass is 10.0. The number of likely N-dealkylation sites (N-methyl/N-ethyl adjacent to an activating group) is 1. The van der Waals surface area contributed by atoms with Crippen molar-refractivity contribution in [2.24, 2.45) is 0 Å². The van der Waals surface area contributed by atoms with Crippen LogP contribution in [0.5, 0.6) is 0 Å². The van der Waals surface area contributed by atoms with Crippen LogP contribution in [0.25, 0.3) is 0 Å². The van der Waals surface area contributed by atoms with Crippen LogP contribution in [0.15, 0.2) is 83.8 Å². The first-order valence-corrected chi connectivity index (χ1v) is 12.9. The third kappa shape index (κ3) is 6.66. The standard InChI is InChI=1S/C26H29FN4O3S/c1-30-15-17-31(18-16-30)19-25(20-5-3-2-4-6-20)28-26(32)21-7-13-24(14-8-21)35(33,34)29-23-11-9-22(27)10-12-23/h2-14,25,29H,15-19H2,1H3,(H,28,32). The van der Waals surface area contributed by atoms with Crippen molar-refractivity contribution in [1.82, 2.24) is 15.1 Å². The van der Waals surface area contributed by atoms with E-state index >= 15 is 0 Å². The summed E-state index contributed by atoms with van der Waals surface area (Å²) in [5.41, 5.74) is 1.63. The second-order valence-electron chi connectivity index (χ2n) is 8.68. The van der Waals surface area contributed by atoms with Crippen LogP contribution in [0.2, 0.25) is 0 Å². The number of nitrogens with zero attached hydrogens (tertiary/aromatic N) is 2. The van der Waals surface area contributed by atoms with Crippen LogP contribution in [0.3, 0.4) is 0 Å². The number of carbonyl (C=O) groups is 1. The Labute approximate surface area is 205 Å². The van der Waals surface area contributed by atoms with Crippen molar-refractivity contribution in [2.45, 2.75) is 10.9 Å². The zero-order chi connectivity index (χ0) is 24.8. The number of carbonyl (C=O) groups excluding carboxylic acids is 1. The zero-order valence-corrected chi connectivity index (χ0v) is 20.3. The number of benzene rings is 3. The fourth-order valence-corrected chi connectivity index (χ4v) is 5.03. The molecule has 1 aliphatic heterocycles. The highest BCUT2D eigenvalue weighted by Crippen LogP contribution is 2.19. The van der Waals surface area contributed by atoms with Gasteiger partial charge in [-0.25, -0.2) is 12.8 Å². The lowest BCUT2D eigenvalue weighted by Gasteiger charge is -2.35. The number of piperazine rings is 1. The second kappa shape index (κ2) is 11.0. The highest BCUT2D eigenvalue weighted by molar-refractivity contribution is 7.92. The molecule has 0 radical (unpaired) electrons. The molecule has 1 heterocycles. The maximum absolute atomic E-state index is 13.1. The Balaban J connectivity index is 1.45. The van der Waals surface area contributed by atoms with Crippen molar-refractivity contribution in [2.75, 3.05) is 44.5 Å². The molecule has 2 N–H and O–H groups in total.